The summed E-state index contributed by atoms with van der Waals surface area (Å²) in [4.78, 5) is 20.0. The van der Waals surface area contributed by atoms with E-state index >= 15 is 0 Å². The smallest absolute Gasteiger partial charge is 0.189 e. The Morgan fingerprint density at radius 1 is 1.12 bits per heavy atom. The summed E-state index contributed by atoms with van der Waals surface area (Å²) < 4.78 is 2.13. The van der Waals surface area contributed by atoms with Gasteiger partial charge in [-0.15, -0.1) is 0 Å². The normalized spacial score (nSPS) is 11.1. The van der Waals surface area contributed by atoms with Gasteiger partial charge in [0, 0.05) is 11.2 Å². The lowest BCUT2D eigenvalue weighted by atomic mass is 10.2. The van der Waals surface area contributed by atoms with Crippen LogP contribution >= 0.6 is 23.4 Å². The molecule has 1 N–H and O–H groups in total. The van der Waals surface area contributed by atoms with Gasteiger partial charge >= 0.3 is 0 Å². The number of Topliss-reactive ketones (excluding diaryl/α,β-unsaturated/α-hetero) is 1. The van der Waals surface area contributed by atoms with Crippen LogP contribution in [0.25, 0.3) is 11.0 Å². The number of fused-ring (bicyclic) bond motifs is 1. The Morgan fingerprint density at radius 2 is 1.96 bits per heavy atom. The van der Waals surface area contributed by atoms with Crippen molar-refractivity contribution in [1.29, 1.82) is 0 Å². The molecule has 4 nitrogen and oxygen atoms in total. The minimum atomic E-state index is 0.0522. The summed E-state index contributed by atoms with van der Waals surface area (Å²) in [5, 5.41) is 1.46. The molecule has 0 fully saturated rings. The number of aromatic nitrogens is 3. The Labute approximate surface area is 160 Å². The van der Waals surface area contributed by atoms with Gasteiger partial charge in [0.2, 0.25) is 0 Å². The second kappa shape index (κ2) is 7.40. The van der Waals surface area contributed by atoms with Gasteiger partial charge < -0.3 is 9.55 Å². The largest absolute Gasteiger partial charge is 0.359 e. The molecule has 0 amide bonds. The fourth-order valence-electron chi connectivity index (χ4n) is 2.82. The van der Waals surface area contributed by atoms with Crippen molar-refractivity contribution in [1.82, 2.24) is 14.5 Å². The van der Waals surface area contributed by atoms with E-state index in [4.69, 9.17) is 16.6 Å². The van der Waals surface area contributed by atoms with Crippen molar-refractivity contribution < 1.29 is 4.79 Å². The van der Waals surface area contributed by atoms with Gasteiger partial charge in [0.05, 0.1) is 29.0 Å². The number of carbonyl (C=O) groups excluding carboxylic acids is 1. The highest BCUT2D eigenvalue weighted by Gasteiger charge is 2.15. The molecule has 2 heterocycles. The maximum Gasteiger partial charge on any atom is 0.189 e. The predicted octanol–water partition coefficient (Wildman–Crippen LogP) is 5.04. The molecule has 4 rings (SSSR count). The molecule has 0 aliphatic carbocycles. The molecule has 0 aliphatic rings. The van der Waals surface area contributed by atoms with Crippen molar-refractivity contribution in [2.75, 3.05) is 5.75 Å². The lowest BCUT2D eigenvalue weighted by molar-refractivity contribution is 0.101. The maximum atomic E-state index is 12.3. The summed E-state index contributed by atoms with van der Waals surface area (Å²) in [7, 11) is 0. The molecule has 6 heteroatoms. The number of aromatic amines is 1. The molecule has 26 heavy (non-hydrogen) atoms. The molecule has 0 saturated carbocycles. The molecule has 0 radical (unpaired) electrons. The summed E-state index contributed by atoms with van der Waals surface area (Å²) in [6, 6.07) is 19.5. The minimum Gasteiger partial charge on any atom is -0.359 e. The lowest BCUT2D eigenvalue weighted by Crippen LogP contribution is -2.06. The van der Waals surface area contributed by atoms with Crippen LogP contribution in [-0.4, -0.2) is 26.1 Å². The molecule has 0 unspecified atom stereocenters. The Hall–Kier alpha value is -2.50. The quantitative estimate of drug-likeness (QED) is 0.376. The third kappa shape index (κ3) is 3.54. The van der Waals surface area contributed by atoms with Gasteiger partial charge in [0.1, 0.15) is 0 Å². The predicted molar refractivity (Wildman–Crippen MR) is 106 cm³/mol. The number of benzene rings is 2. The number of hydrogen-bond acceptors (Lipinski definition) is 3. The van der Waals surface area contributed by atoms with Crippen LogP contribution in [0.3, 0.4) is 0 Å². The first-order valence-electron chi connectivity index (χ1n) is 8.20. The van der Waals surface area contributed by atoms with Crippen LogP contribution < -0.4 is 0 Å². The monoisotopic (exact) mass is 381 g/mol. The van der Waals surface area contributed by atoms with E-state index in [1.165, 1.54) is 17.3 Å². The van der Waals surface area contributed by atoms with Crippen LogP contribution in [0.15, 0.2) is 72.0 Å². The zero-order chi connectivity index (χ0) is 17.9. The van der Waals surface area contributed by atoms with Crippen LogP contribution in [0.4, 0.5) is 0 Å². The number of rotatable bonds is 6. The van der Waals surface area contributed by atoms with Gasteiger partial charge in [0.25, 0.3) is 0 Å². The molecular weight excluding hydrogens is 366 g/mol. The number of hydrogen-bond donors (Lipinski definition) is 1. The number of imidazole rings is 1. The van der Waals surface area contributed by atoms with E-state index in [0.717, 1.165) is 16.2 Å². The summed E-state index contributed by atoms with van der Waals surface area (Å²) in [5.41, 5.74) is 3.64. The Balaban J connectivity index is 1.66. The molecule has 0 saturated heterocycles. The van der Waals surface area contributed by atoms with Crippen LogP contribution in [0.5, 0.6) is 0 Å². The second-order valence-electron chi connectivity index (χ2n) is 5.89. The zero-order valence-electron chi connectivity index (χ0n) is 13.9. The van der Waals surface area contributed by atoms with Gasteiger partial charge in [0.15, 0.2) is 10.9 Å². The highest BCUT2D eigenvalue weighted by Crippen LogP contribution is 2.27. The summed E-state index contributed by atoms with van der Waals surface area (Å²) in [6.07, 6.45) is 1.75. The molecule has 2 aromatic heterocycles. The van der Waals surface area contributed by atoms with Gasteiger partial charge in [-0.3, -0.25) is 4.79 Å². The highest BCUT2D eigenvalue weighted by atomic mass is 35.5. The number of H-pyrrole nitrogens is 1. The minimum absolute atomic E-state index is 0.0522. The molecular formula is C20H16ClN3OS. The first kappa shape index (κ1) is 16.9. The van der Waals surface area contributed by atoms with Crippen molar-refractivity contribution in [2.24, 2.45) is 0 Å². The topological polar surface area (TPSA) is 50.7 Å². The third-order valence-corrected chi connectivity index (χ3v) is 5.30. The molecule has 2 aromatic carbocycles. The number of ketones is 1. The molecule has 0 aliphatic heterocycles. The van der Waals surface area contributed by atoms with Crippen molar-refractivity contribution in [3.8, 4) is 0 Å². The van der Waals surface area contributed by atoms with Gasteiger partial charge in [-0.2, -0.15) is 0 Å². The Morgan fingerprint density at radius 3 is 2.73 bits per heavy atom. The molecule has 4 aromatic rings. The van der Waals surface area contributed by atoms with E-state index in [-0.39, 0.29) is 5.78 Å². The van der Waals surface area contributed by atoms with E-state index in [2.05, 4.69) is 21.7 Å². The van der Waals surface area contributed by atoms with Gasteiger partial charge in [-0.1, -0.05) is 53.7 Å². The Kier molecular flexibility index (Phi) is 4.82. The number of nitrogens with zero attached hydrogens (tertiary/aromatic N) is 2. The SMILES string of the molecule is O=C(CSc1nc2cc(Cl)ccc2n1Cc1ccccc1)c1ccc[nH]1. The van der Waals surface area contributed by atoms with Crippen molar-refractivity contribution in [3.05, 3.63) is 83.1 Å². The third-order valence-electron chi connectivity index (χ3n) is 4.09. The molecule has 0 atom stereocenters. The molecule has 130 valence electrons. The molecule has 0 spiro atoms. The maximum absolute atomic E-state index is 12.3. The van der Waals surface area contributed by atoms with Crippen molar-refractivity contribution in [2.45, 2.75) is 11.7 Å². The summed E-state index contributed by atoms with van der Waals surface area (Å²) in [6.45, 7) is 0.692. The number of nitrogens with one attached hydrogen (secondary N) is 1. The van der Waals surface area contributed by atoms with E-state index < -0.39 is 0 Å². The van der Waals surface area contributed by atoms with E-state index in [1.807, 2.05) is 42.5 Å². The van der Waals surface area contributed by atoms with Crippen LogP contribution in [0.1, 0.15) is 16.1 Å². The van der Waals surface area contributed by atoms with E-state index in [1.54, 1.807) is 12.3 Å². The first-order chi connectivity index (χ1) is 12.7. The lowest BCUT2D eigenvalue weighted by Gasteiger charge is -2.09. The number of carbonyl (C=O) groups is 1. The number of halogens is 1. The number of thioether (sulfide) groups is 1. The first-order valence-corrected chi connectivity index (χ1v) is 9.56. The van der Waals surface area contributed by atoms with Crippen LogP contribution in [0.2, 0.25) is 5.02 Å². The fraction of sp³-hybridized carbons (Fsp3) is 0.100. The van der Waals surface area contributed by atoms with E-state index in [9.17, 15) is 4.79 Å². The zero-order valence-corrected chi connectivity index (χ0v) is 15.4. The standard InChI is InChI=1S/C20H16ClN3OS/c21-15-8-9-18-17(11-15)23-20(24(18)12-14-5-2-1-3-6-14)26-13-19(25)16-7-4-10-22-16/h1-11,22H,12-13H2. The van der Waals surface area contributed by atoms with Gasteiger partial charge in [-0.25, -0.2) is 4.98 Å². The second-order valence-corrected chi connectivity index (χ2v) is 7.27. The average Bonchev–Trinajstić information content (AvgIpc) is 3.29. The van der Waals surface area contributed by atoms with Gasteiger partial charge in [-0.05, 0) is 35.9 Å². The van der Waals surface area contributed by atoms with E-state index in [0.29, 0.717) is 23.0 Å². The Bertz CT molecular complexity index is 1040. The van der Waals surface area contributed by atoms with Crippen LogP contribution in [0, 0.1) is 0 Å². The highest BCUT2D eigenvalue weighted by molar-refractivity contribution is 7.99. The molecule has 0 bridgehead atoms. The van der Waals surface area contributed by atoms with Crippen LogP contribution in [-0.2, 0) is 6.54 Å². The van der Waals surface area contributed by atoms with Crippen molar-refractivity contribution >= 4 is 40.2 Å². The van der Waals surface area contributed by atoms with Crippen molar-refractivity contribution in [3.63, 3.8) is 0 Å². The summed E-state index contributed by atoms with van der Waals surface area (Å²) >= 11 is 7.56. The fourth-order valence-corrected chi connectivity index (χ4v) is 3.89. The summed E-state index contributed by atoms with van der Waals surface area (Å²) in [5.74, 6) is 0.378. The average molecular weight is 382 g/mol.